The number of pyridine rings is 1. The molecule has 0 saturated carbocycles. The lowest BCUT2D eigenvalue weighted by Gasteiger charge is -2.08. The van der Waals surface area contributed by atoms with E-state index in [1.165, 1.54) is 0 Å². The van der Waals surface area contributed by atoms with Gasteiger partial charge in [0, 0.05) is 5.69 Å². The van der Waals surface area contributed by atoms with Crippen LogP contribution in [-0.2, 0) is 10.0 Å². The minimum absolute atomic E-state index is 0.0698. The fraction of sp³-hybridized carbons (Fsp3) is 0.444. The van der Waals surface area contributed by atoms with Crippen LogP contribution in [0.2, 0.25) is 0 Å². The van der Waals surface area contributed by atoms with Gasteiger partial charge in [0.2, 0.25) is 10.0 Å². The highest BCUT2D eigenvalue weighted by molar-refractivity contribution is 7.92. The predicted octanol–water partition coefficient (Wildman–Crippen LogP) is 1.46. The number of nitrogens with one attached hydrogen (secondary N) is 1. The number of nitrogens with zero attached hydrogens (tertiary/aromatic N) is 1. The number of anilines is 1. The van der Waals surface area contributed by atoms with Gasteiger partial charge in [0.25, 0.3) is 0 Å². The molecule has 0 radical (unpaired) electrons. The van der Waals surface area contributed by atoms with Gasteiger partial charge in [0.1, 0.15) is 0 Å². The molecule has 0 spiro atoms. The number of aryl methyl sites for hydroxylation is 2. The van der Waals surface area contributed by atoms with Gasteiger partial charge >= 0.3 is 0 Å². The molecule has 0 aromatic carbocycles. The van der Waals surface area contributed by atoms with Crippen molar-refractivity contribution in [3.8, 4) is 0 Å². The van der Waals surface area contributed by atoms with Crippen molar-refractivity contribution in [1.29, 1.82) is 0 Å². The summed E-state index contributed by atoms with van der Waals surface area (Å²) in [5.74, 6) is 0.0698. The molecule has 14 heavy (non-hydrogen) atoms. The van der Waals surface area contributed by atoms with E-state index in [4.69, 9.17) is 0 Å². The van der Waals surface area contributed by atoms with E-state index < -0.39 is 10.0 Å². The van der Waals surface area contributed by atoms with Crippen LogP contribution < -0.4 is 4.72 Å². The minimum Gasteiger partial charge on any atom is -0.282 e. The zero-order valence-corrected chi connectivity index (χ0v) is 9.35. The predicted molar refractivity (Wildman–Crippen MR) is 56.8 cm³/mol. The van der Waals surface area contributed by atoms with Crippen molar-refractivity contribution in [3.05, 3.63) is 23.5 Å². The summed E-state index contributed by atoms with van der Waals surface area (Å²) in [6, 6.07) is 3.51. The maximum Gasteiger partial charge on any atom is 0.232 e. The van der Waals surface area contributed by atoms with Gasteiger partial charge in [0.15, 0.2) is 0 Å². The van der Waals surface area contributed by atoms with Crippen molar-refractivity contribution < 1.29 is 8.42 Å². The average molecular weight is 214 g/mol. The van der Waals surface area contributed by atoms with Crippen molar-refractivity contribution in [2.75, 3.05) is 10.5 Å². The zero-order chi connectivity index (χ0) is 10.8. The summed E-state index contributed by atoms with van der Waals surface area (Å²) < 4.78 is 25.0. The molecule has 1 heterocycles. The van der Waals surface area contributed by atoms with Crippen LogP contribution >= 0.6 is 0 Å². The lowest BCUT2D eigenvalue weighted by atomic mass is 10.3. The molecule has 4 nitrogen and oxygen atoms in total. The molecule has 0 fully saturated rings. The van der Waals surface area contributed by atoms with Crippen molar-refractivity contribution in [2.24, 2.45) is 0 Å². The molecule has 0 unspecified atom stereocenters. The first-order valence-electron chi connectivity index (χ1n) is 4.39. The molecular formula is C9H14N2O2S. The van der Waals surface area contributed by atoms with E-state index in [2.05, 4.69) is 9.71 Å². The molecule has 1 rings (SSSR count). The molecule has 0 aliphatic carbocycles. The molecular weight excluding hydrogens is 200 g/mol. The molecule has 0 aliphatic rings. The molecule has 1 aromatic rings. The number of hydrogen-bond donors (Lipinski definition) is 1. The molecule has 1 N–H and O–H groups in total. The second-order valence-corrected chi connectivity index (χ2v) is 5.10. The van der Waals surface area contributed by atoms with Gasteiger partial charge in [-0.3, -0.25) is 9.71 Å². The third-order valence-electron chi connectivity index (χ3n) is 1.87. The molecule has 78 valence electrons. The monoisotopic (exact) mass is 214 g/mol. The van der Waals surface area contributed by atoms with Gasteiger partial charge in [-0.05, 0) is 32.9 Å². The van der Waals surface area contributed by atoms with Gasteiger partial charge in [-0.15, -0.1) is 0 Å². The Hall–Kier alpha value is -1.10. The minimum atomic E-state index is -3.20. The van der Waals surface area contributed by atoms with E-state index in [0.29, 0.717) is 11.4 Å². The van der Waals surface area contributed by atoms with Crippen LogP contribution in [-0.4, -0.2) is 19.2 Å². The lowest BCUT2D eigenvalue weighted by Crippen LogP contribution is -2.15. The number of rotatable bonds is 3. The van der Waals surface area contributed by atoms with E-state index in [1.54, 1.807) is 26.0 Å². The van der Waals surface area contributed by atoms with Crippen LogP contribution in [0.5, 0.6) is 0 Å². The van der Waals surface area contributed by atoms with Gasteiger partial charge in [0.05, 0.1) is 17.1 Å². The Morgan fingerprint density at radius 3 is 2.50 bits per heavy atom. The van der Waals surface area contributed by atoms with Gasteiger partial charge in [-0.1, -0.05) is 0 Å². The Kier molecular flexibility index (Phi) is 3.10. The Morgan fingerprint density at radius 1 is 1.36 bits per heavy atom. The summed E-state index contributed by atoms with van der Waals surface area (Å²) >= 11 is 0. The van der Waals surface area contributed by atoms with Gasteiger partial charge in [-0.25, -0.2) is 8.42 Å². The third kappa shape index (κ3) is 2.70. The number of sulfonamides is 1. The van der Waals surface area contributed by atoms with E-state index in [-0.39, 0.29) is 5.75 Å². The topological polar surface area (TPSA) is 59.1 Å². The fourth-order valence-electron chi connectivity index (χ4n) is 1.03. The largest absolute Gasteiger partial charge is 0.282 e. The van der Waals surface area contributed by atoms with Crippen molar-refractivity contribution in [1.82, 2.24) is 4.98 Å². The number of hydrogen-bond acceptors (Lipinski definition) is 3. The Morgan fingerprint density at radius 2 is 2.00 bits per heavy atom. The van der Waals surface area contributed by atoms with Crippen molar-refractivity contribution in [2.45, 2.75) is 20.8 Å². The van der Waals surface area contributed by atoms with E-state index >= 15 is 0 Å². The molecule has 1 aromatic heterocycles. The Balaban J connectivity index is 2.99. The zero-order valence-electron chi connectivity index (χ0n) is 8.53. The summed E-state index contributed by atoms with van der Waals surface area (Å²) in [5.41, 5.74) is 2.13. The highest BCUT2D eigenvalue weighted by Crippen LogP contribution is 2.14. The molecule has 0 aliphatic heterocycles. The van der Waals surface area contributed by atoms with Crippen LogP contribution in [0.15, 0.2) is 12.1 Å². The summed E-state index contributed by atoms with van der Waals surface area (Å²) in [6.45, 7) is 5.24. The molecule has 0 atom stereocenters. The third-order valence-corrected chi connectivity index (χ3v) is 3.16. The van der Waals surface area contributed by atoms with Crippen LogP contribution in [0.25, 0.3) is 0 Å². The first-order valence-corrected chi connectivity index (χ1v) is 6.04. The maximum atomic E-state index is 11.3. The van der Waals surface area contributed by atoms with Crippen LogP contribution in [0, 0.1) is 13.8 Å². The van der Waals surface area contributed by atoms with E-state index in [0.717, 1.165) is 5.69 Å². The van der Waals surface area contributed by atoms with Crippen LogP contribution in [0.3, 0.4) is 0 Å². The second-order valence-electron chi connectivity index (χ2n) is 3.09. The SMILES string of the molecule is CCS(=O)(=O)Nc1ccc(C)nc1C. The quantitative estimate of drug-likeness (QED) is 0.828. The van der Waals surface area contributed by atoms with Gasteiger partial charge < -0.3 is 0 Å². The Bertz CT molecular complexity index is 426. The molecule has 5 heteroatoms. The molecule has 0 bridgehead atoms. The summed E-state index contributed by atoms with van der Waals surface area (Å²) in [6.07, 6.45) is 0. The standard InChI is InChI=1S/C9H14N2O2S/c1-4-14(12,13)11-9-6-5-7(2)10-8(9)3/h5-6,11H,4H2,1-3H3. The highest BCUT2D eigenvalue weighted by Gasteiger charge is 2.08. The maximum absolute atomic E-state index is 11.3. The smallest absolute Gasteiger partial charge is 0.232 e. The van der Waals surface area contributed by atoms with Crippen molar-refractivity contribution >= 4 is 15.7 Å². The molecule has 0 saturated heterocycles. The first-order chi connectivity index (χ1) is 6.44. The lowest BCUT2D eigenvalue weighted by molar-refractivity contribution is 0.602. The number of aromatic nitrogens is 1. The van der Waals surface area contributed by atoms with Gasteiger partial charge in [-0.2, -0.15) is 0 Å². The first kappa shape index (κ1) is 11.0. The Labute approximate surface area is 84.4 Å². The summed E-state index contributed by atoms with van der Waals surface area (Å²) in [7, 11) is -3.20. The fourth-order valence-corrected chi connectivity index (χ4v) is 1.73. The summed E-state index contributed by atoms with van der Waals surface area (Å²) in [4.78, 5) is 4.17. The van der Waals surface area contributed by atoms with Crippen LogP contribution in [0.1, 0.15) is 18.3 Å². The van der Waals surface area contributed by atoms with Crippen LogP contribution in [0.4, 0.5) is 5.69 Å². The van der Waals surface area contributed by atoms with E-state index in [1.807, 2.05) is 6.92 Å². The molecule has 0 amide bonds. The highest BCUT2D eigenvalue weighted by atomic mass is 32.2. The summed E-state index contributed by atoms with van der Waals surface area (Å²) in [5, 5.41) is 0. The average Bonchev–Trinajstić information content (AvgIpc) is 2.10. The van der Waals surface area contributed by atoms with E-state index in [9.17, 15) is 8.42 Å². The van der Waals surface area contributed by atoms with Crippen molar-refractivity contribution in [3.63, 3.8) is 0 Å². The second kappa shape index (κ2) is 3.96. The normalized spacial score (nSPS) is 11.4.